The van der Waals surface area contributed by atoms with Crippen LogP contribution in [0.4, 0.5) is 25.0 Å². The zero-order valence-corrected chi connectivity index (χ0v) is 68.4. The lowest BCUT2D eigenvalue weighted by molar-refractivity contribution is -0.137. The minimum absolute atomic E-state index is 0.0593. The van der Waals surface area contributed by atoms with Gasteiger partial charge in [-0.05, 0) is 212 Å². The van der Waals surface area contributed by atoms with Crippen LogP contribution >= 0.6 is 68.8 Å². The standard InChI is InChI=1S/2C29H41ClN4O3S.C24H33ClN4OS/c2*1-28(2,3)37-27(36)33-24(19-21-9-11-23(30)12-10-21)25(35)34-16-13-29(14-17-34,22-7-5-4-6-8-22)20-32-26-31-15-18-38-26;25-20-8-6-18(7-9-20)16-21(26)22(30)29-13-10-24(11-14-29,19-4-2-1-3-5-19)17-28-23-27-12-15-31-23/h2*9-12,15,18,22,24H,4-8,13-14,16-17,19-20H2,1-3H3,(H,31,32)(H,33,36);6-9,12,15,19,21H,1-5,10-11,13-14,16-17,26H2,(H,27,28)/t2*24-;21-/m111/s1. The van der Waals surface area contributed by atoms with Crippen molar-refractivity contribution < 1.29 is 33.4 Å². The summed E-state index contributed by atoms with van der Waals surface area (Å²) in [4.78, 5) is 85.1. The first-order valence-electron chi connectivity index (χ1n) is 39.1. The number of carbonyl (C=O) groups is 5. The van der Waals surface area contributed by atoms with E-state index in [2.05, 4.69) is 41.5 Å². The average Bonchev–Trinajstić information content (AvgIpc) is 1.27. The highest BCUT2D eigenvalue weighted by Gasteiger charge is 2.47. The van der Waals surface area contributed by atoms with Gasteiger partial charge in [0.2, 0.25) is 17.7 Å². The van der Waals surface area contributed by atoms with Crippen molar-refractivity contribution in [3.05, 3.63) is 139 Å². The lowest BCUT2D eigenvalue weighted by Gasteiger charge is -2.48. The van der Waals surface area contributed by atoms with Crippen molar-refractivity contribution in [2.75, 3.05) is 74.9 Å². The molecule has 3 aromatic heterocycles. The molecule has 0 unspecified atom stereocenters. The Morgan fingerprint density at radius 2 is 0.710 bits per heavy atom. The van der Waals surface area contributed by atoms with Gasteiger partial charge in [-0.2, -0.15) is 0 Å². The fourth-order valence-electron chi connectivity index (χ4n) is 17.2. The van der Waals surface area contributed by atoms with Crippen molar-refractivity contribution in [2.45, 2.75) is 225 Å². The molecule has 3 aliphatic carbocycles. The van der Waals surface area contributed by atoms with Crippen LogP contribution in [0.3, 0.4) is 0 Å². The largest absolute Gasteiger partial charge is 0.444 e. The molecule has 12 rings (SSSR count). The van der Waals surface area contributed by atoms with Crippen molar-refractivity contribution in [3.63, 3.8) is 0 Å². The van der Waals surface area contributed by atoms with Gasteiger partial charge in [0.1, 0.15) is 23.3 Å². The van der Waals surface area contributed by atoms with Crippen molar-refractivity contribution in [3.8, 4) is 0 Å². The summed E-state index contributed by atoms with van der Waals surface area (Å²) in [6.45, 7) is 17.9. The molecule has 6 heterocycles. The van der Waals surface area contributed by atoms with E-state index in [1.54, 1.807) is 58.3 Å². The number of benzene rings is 3. The molecule has 5 amide bonds. The summed E-state index contributed by atoms with van der Waals surface area (Å²) in [5.41, 5.74) is 8.47. The van der Waals surface area contributed by atoms with Crippen LogP contribution in [-0.2, 0) is 43.1 Å². The number of likely N-dealkylation sites (tertiary alicyclic amines) is 3. The van der Waals surface area contributed by atoms with E-state index in [-0.39, 0.29) is 34.0 Å². The van der Waals surface area contributed by atoms with Gasteiger partial charge in [0, 0.05) is 122 Å². The summed E-state index contributed by atoms with van der Waals surface area (Å²) >= 11 is 23.0. The van der Waals surface area contributed by atoms with Gasteiger partial charge in [-0.1, -0.05) is 129 Å². The van der Waals surface area contributed by atoms with Gasteiger partial charge in [-0.3, -0.25) is 14.4 Å². The van der Waals surface area contributed by atoms with Crippen LogP contribution < -0.4 is 32.3 Å². The van der Waals surface area contributed by atoms with E-state index < -0.39 is 41.5 Å². The predicted octanol–water partition coefficient (Wildman–Crippen LogP) is 18.0. The van der Waals surface area contributed by atoms with E-state index in [0.717, 1.165) is 109 Å². The summed E-state index contributed by atoms with van der Waals surface area (Å²) in [6, 6.07) is 20.5. The van der Waals surface area contributed by atoms with Gasteiger partial charge in [0.05, 0.1) is 6.04 Å². The highest BCUT2D eigenvalue weighted by atomic mass is 35.5. The maximum atomic E-state index is 13.8. The first-order valence-corrected chi connectivity index (χ1v) is 42.8. The molecule has 3 saturated heterocycles. The van der Waals surface area contributed by atoms with Crippen molar-refractivity contribution in [1.29, 1.82) is 0 Å². The van der Waals surface area contributed by atoms with Crippen molar-refractivity contribution in [1.82, 2.24) is 40.3 Å². The molecule has 6 aliphatic rings. The molecule has 6 aromatic rings. The average molecular weight is 1580 g/mol. The van der Waals surface area contributed by atoms with Gasteiger partial charge in [0.15, 0.2) is 15.4 Å². The number of ether oxygens (including phenoxy) is 2. The molecular weight excluding hydrogens is 1470 g/mol. The number of nitrogens with two attached hydrogens (primary N) is 1. The normalized spacial score (nSPS) is 19.4. The number of piperidine rings is 3. The van der Waals surface area contributed by atoms with Crippen LogP contribution in [0.25, 0.3) is 0 Å². The van der Waals surface area contributed by atoms with Gasteiger partial charge in [0.25, 0.3) is 0 Å². The molecule has 19 nitrogen and oxygen atoms in total. The van der Waals surface area contributed by atoms with Crippen LogP contribution in [0.2, 0.25) is 15.1 Å². The molecule has 7 N–H and O–H groups in total. The van der Waals surface area contributed by atoms with E-state index in [9.17, 15) is 24.0 Å². The Morgan fingerprint density at radius 1 is 0.439 bits per heavy atom. The van der Waals surface area contributed by atoms with Crippen LogP contribution in [0.1, 0.15) is 193 Å². The lowest BCUT2D eigenvalue weighted by Crippen LogP contribution is -2.55. The highest BCUT2D eigenvalue weighted by molar-refractivity contribution is 7.14. The van der Waals surface area contributed by atoms with Gasteiger partial charge >= 0.3 is 12.2 Å². The molecule has 0 spiro atoms. The number of alkyl carbamates (subject to hydrolysis) is 2. The second-order valence-corrected chi connectivity index (χ2v) is 36.6. The van der Waals surface area contributed by atoms with Gasteiger partial charge in [-0.25, -0.2) is 24.5 Å². The smallest absolute Gasteiger partial charge is 0.408 e. The summed E-state index contributed by atoms with van der Waals surface area (Å²) in [7, 11) is 0. The molecule has 107 heavy (non-hydrogen) atoms. The first-order chi connectivity index (χ1) is 51.3. The lowest BCUT2D eigenvalue weighted by atomic mass is 9.63. The minimum atomic E-state index is -0.707. The maximum absolute atomic E-state index is 13.8. The van der Waals surface area contributed by atoms with E-state index in [4.69, 9.17) is 50.0 Å². The van der Waals surface area contributed by atoms with Crippen molar-refractivity contribution in [2.24, 2.45) is 39.7 Å². The summed E-state index contributed by atoms with van der Waals surface area (Å²) in [6.07, 6.45) is 31.0. The molecule has 3 saturated carbocycles. The fourth-order valence-corrected chi connectivity index (χ4v) is 19.1. The summed E-state index contributed by atoms with van der Waals surface area (Å²) in [5.74, 6) is 2.00. The van der Waals surface area contributed by atoms with Crippen molar-refractivity contribution >= 4 is 114 Å². The molecule has 0 radical (unpaired) electrons. The molecule has 6 fully saturated rings. The fraction of sp³-hybridized carbons (Fsp3) is 0.610. The number of hydrogen-bond donors (Lipinski definition) is 6. The number of carbonyl (C=O) groups excluding carboxylic acids is 5. The van der Waals surface area contributed by atoms with Gasteiger partial charge < -0.3 is 56.5 Å². The van der Waals surface area contributed by atoms with E-state index in [0.29, 0.717) is 72.3 Å². The second kappa shape index (κ2) is 39.6. The monoisotopic (exact) mass is 1580 g/mol. The Balaban J connectivity index is 0.000000172. The number of nitrogens with zero attached hydrogens (tertiary/aromatic N) is 6. The zero-order chi connectivity index (χ0) is 76.0. The quantitative estimate of drug-likeness (QED) is 0.0350. The van der Waals surface area contributed by atoms with E-state index in [1.807, 2.05) is 140 Å². The number of hydrogen-bond acceptors (Lipinski definition) is 17. The Bertz CT molecular complexity index is 3500. The first kappa shape index (κ1) is 83.2. The number of thiazole rings is 3. The third-order valence-corrected chi connectivity index (χ3v) is 26.0. The highest BCUT2D eigenvalue weighted by Crippen LogP contribution is 2.49. The molecule has 3 aromatic carbocycles. The topological polar surface area (TPSA) is 238 Å². The number of nitrogens with one attached hydrogen (secondary N) is 5. The van der Waals surface area contributed by atoms with Crippen LogP contribution in [-0.4, -0.2) is 148 Å². The minimum Gasteiger partial charge on any atom is -0.444 e. The molecule has 25 heteroatoms. The van der Waals surface area contributed by atoms with Gasteiger partial charge in [-0.15, -0.1) is 34.0 Å². The maximum Gasteiger partial charge on any atom is 0.408 e. The number of amides is 5. The Morgan fingerprint density at radius 3 is 0.972 bits per heavy atom. The zero-order valence-electron chi connectivity index (χ0n) is 63.7. The molecule has 0 bridgehead atoms. The Hall–Kier alpha value is -6.27. The predicted molar refractivity (Wildman–Crippen MR) is 436 cm³/mol. The number of halogens is 3. The molecular formula is C82H115Cl3N12O7S3. The number of anilines is 3. The Labute approximate surface area is 662 Å². The summed E-state index contributed by atoms with van der Waals surface area (Å²) < 4.78 is 11.0. The Kier molecular flexibility index (Phi) is 30.8. The SMILES string of the molecule is CC(C)(C)OC(=O)N[C@H](Cc1ccc(Cl)cc1)C(=O)N1CCC(CNc2nccs2)(C2CCCCC2)CC1.CC(C)(C)OC(=O)N[C@H](Cc1ccc(Cl)cc1)C(=O)N1CCC(CNc2nccs2)(C2CCCCC2)CC1.N[C@H](Cc1ccc(Cl)cc1)C(=O)N1CCC(CNc2nccs2)(C2CCCCC2)CC1. The van der Waals surface area contributed by atoms with E-state index >= 15 is 0 Å². The third kappa shape index (κ3) is 25.1. The molecule has 3 atom stereocenters. The van der Waals surface area contributed by atoms with E-state index in [1.165, 1.54) is 96.3 Å². The molecule has 584 valence electrons. The number of rotatable bonds is 23. The second-order valence-electron chi connectivity index (χ2n) is 32.6. The number of aromatic nitrogens is 3. The third-order valence-electron chi connectivity index (χ3n) is 23.1. The van der Waals surface area contributed by atoms with Crippen LogP contribution in [0.5, 0.6) is 0 Å². The van der Waals surface area contributed by atoms with Crippen LogP contribution in [0, 0.1) is 34.0 Å². The summed E-state index contributed by atoms with van der Waals surface area (Å²) in [5, 5.41) is 27.4. The van der Waals surface area contributed by atoms with Crippen LogP contribution in [0.15, 0.2) is 108 Å². The molecule has 3 aliphatic heterocycles.